The van der Waals surface area contributed by atoms with Crippen molar-refractivity contribution in [2.75, 3.05) is 26.0 Å². The van der Waals surface area contributed by atoms with Gasteiger partial charge in [0, 0.05) is 39.8 Å². The smallest absolute Gasteiger partial charge is 0.221 e. The molecule has 0 atom stereocenters. The fourth-order valence-electron chi connectivity index (χ4n) is 2.78. The van der Waals surface area contributed by atoms with Crippen LogP contribution in [0.2, 0.25) is 0 Å². The first-order valence-corrected chi connectivity index (χ1v) is 8.82. The van der Waals surface area contributed by atoms with Gasteiger partial charge in [-0.15, -0.1) is 24.0 Å². The molecule has 0 aliphatic heterocycles. The first kappa shape index (κ1) is 23.0. The average Bonchev–Trinajstić information content (AvgIpc) is 2.61. The number of nitrogens with one attached hydrogen (secondary N) is 2. The molecule has 0 saturated heterocycles. The number of rotatable bonds is 6. The standard InChI is InChI=1S/C21H28N4O.HI/c1-16-7-5-6-8-19(16)15-25(4)21(22-3)23-14-13-18-9-11-20(12-10-18)24-17(2)26;/h5-12H,13-15H2,1-4H3,(H,22,23)(H,24,26);1H. The Bertz CT molecular complexity index is 759. The van der Waals surface area contributed by atoms with Crippen LogP contribution < -0.4 is 10.6 Å². The van der Waals surface area contributed by atoms with Gasteiger partial charge in [0.05, 0.1) is 0 Å². The minimum atomic E-state index is -0.0556. The van der Waals surface area contributed by atoms with Crippen molar-refractivity contribution in [3.63, 3.8) is 0 Å². The zero-order chi connectivity index (χ0) is 18.9. The molecule has 0 spiro atoms. The van der Waals surface area contributed by atoms with Crippen LogP contribution in [0.4, 0.5) is 5.69 Å². The lowest BCUT2D eigenvalue weighted by Gasteiger charge is -2.23. The summed E-state index contributed by atoms with van der Waals surface area (Å²) in [6.45, 7) is 5.25. The maximum absolute atomic E-state index is 11.1. The van der Waals surface area contributed by atoms with Crippen molar-refractivity contribution >= 4 is 41.5 Å². The van der Waals surface area contributed by atoms with E-state index in [9.17, 15) is 4.79 Å². The van der Waals surface area contributed by atoms with Gasteiger partial charge in [-0.2, -0.15) is 0 Å². The highest BCUT2D eigenvalue weighted by Gasteiger charge is 2.07. The largest absolute Gasteiger partial charge is 0.356 e. The number of nitrogens with zero attached hydrogens (tertiary/aromatic N) is 2. The van der Waals surface area contributed by atoms with Gasteiger partial charge in [0.15, 0.2) is 5.96 Å². The Morgan fingerprint density at radius 2 is 1.78 bits per heavy atom. The Hall–Kier alpha value is -2.09. The Labute approximate surface area is 179 Å². The van der Waals surface area contributed by atoms with Crippen LogP contribution >= 0.6 is 24.0 Å². The average molecular weight is 480 g/mol. The summed E-state index contributed by atoms with van der Waals surface area (Å²) in [5, 5.41) is 6.19. The molecule has 2 rings (SSSR count). The third-order valence-electron chi connectivity index (χ3n) is 4.21. The Morgan fingerprint density at radius 1 is 1.11 bits per heavy atom. The second-order valence-electron chi connectivity index (χ2n) is 6.38. The lowest BCUT2D eigenvalue weighted by Crippen LogP contribution is -2.39. The lowest BCUT2D eigenvalue weighted by atomic mass is 10.1. The van der Waals surface area contributed by atoms with Crippen LogP contribution in [0, 0.1) is 6.92 Å². The molecule has 0 radical (unpaired) electrons. The van der Waals surface area contributed by atoms with E-state index in [-0.39, 0.29) is 29.9 Å². The van der Waals surface area contributed by atoms with Gasteiger partial charge < -0.3 is 15.5 Å². The van der Waals surface area contributed by atoms with Crippen LogP contribution in [0.15, 0.2) is 53.5 Å². The number of hydrogen-bond donors (Lipinski definition) is 2. The van der Waals surface area contributed by atoms with Crippen molar-refractivity contribution < 1.29 is 4.79 Å². The number of hydrogen-bond acceptors (Lipinski definition) is 2. The summed E-state index contributed by atoms with van der Waals surface area (Å²) in [4.78, 5) is 17.6. The van der Waals surface area contributed by atoms with E-state index in [0.717, 1.165) is 31.2 Å². The van der Waals surface area contributed by atoms with E-state index in [0.29, 0.717) is 0 Å². The Kier molecular flexibility index (Phi) is 9.85. The molecular formula is C21H29IN4O. The summed E-state index contributed by atoms with van der Waals surface area (Å²) in [5.41, 5.74) is 4.62. The van der Waals surface area contributed by atoms with E-state index in [1.807, 2.05) is 31.3 Å². The number of aliphatic imine (C=N–C) groups is 1. The van der Waals surface area contributed by atoms with Gasteiger partial charge in [-0.1, -0.05) is 36.4 Å². The maximum atomic E-state index is 11.1. The van der Waals surface area contributed by atoms with Crippen molar-refractivity contribution in [1.29, 1.82) is 0 Å². The van der Waals surface area contributed by atoms with E-state index in [2.05, 4.69) is 51.7 Å². The van der Waals surface area contributed by atoms with Gasteiger partial charge in [0.25, 0.3) is 0 Å². The van der Waals surface area contributed by atoms with E-state index in [1.165, 1.54) is 23.6 Å². The number of aryl methyl sites for hydroxylation is 1. The van der Waals surface area contributed by atoms with Crippen LogP contribution in [0.5, 0.6) is 0 Å². The maximum Gasteiger partial charge on any atom is 0.221 e. The predicted octanol–water partition coefficient (Wildman–Crippen LogP) is 3.82. The summed E-state index contributed by atoms with van der Waals surface area (Å²) in [5.74, 6) is 0.822. The zero-order valence-electron chi connectivity index (χ0n) is 16.5. The second kappa shape index (κ2) is 11.6. The number of halogens is 1. The van der Waals surface area contributed by atoms with Crippen LogP contribution in [0.25, 0.3) is 0 Å². The van der Waals surface area contributed by atoms with Crippen molar-refractivity contribution in [2.24, 2.45) is 4.99 Å². The normalized spacial score (nSPS) is 10.7. The fraction of sp³-hybridized carbons (Fsp3) is 0.333. The van der Waals surface area contributed by atoms with Crippen LogP contribution in [-0.2, 0) is 17.8 Å². The first-order chi connectivity index (χ1) is 12.5. The van der Waals surface area contributed by atoms with Gasteiger partial charge in [0.2, 0.25) is 5.91 Å². The van der Waals surface area contributed by atoms with Crippen LogP contribution in [-0.4, -0.2) is 37.4 Å². The van der Waals surface area contributed by atoms with Gasteiger partial charge in [-0.3, -0.25) is 9.79 Å². The SMILES string of the molecule is CN=C(NCCc1ccc(NC(C)=O)cc1)N(C)Cc1ccccc1C.I. The van der Waals surface area contributed by atoms with Gasteiger partial charge in [-0.05, 0) is 42.2 Å². The highest BCUT2D eigenvalue weighted by atomic mass is 127. The monoisotopic (exact) mass is 480 g/mol. The minimum absolute atomic E-state index is 0. The number of carbonyl (C=O) groups is 1. The molecule has 0 aliphatic rings. The molecule has 0 aliphatic carbocycles. The quantitative estimate of drug-likeness (QED) is 0.376. The molecular weight excluding hydrogens is 451 g/mol. The molecule has 0 saturated carbocycles. The number of benzene rings is 2. The molecule has 0 aromatic heterocycles. The van der Waals surface area contributed by atoms with E-state index >= 15 is 0 Å². The number of carbonyl (C=O) groups excluding carboxylic acids is 1. The van der Waals surface area contributed by atoms with Crippen LogP contribution in [0.1, 0.15) is 23.6 Å². The van der Waals surface area contributed by atoms with Gasteiger partial charge in [0.1, 0.15) is 0 Å². The van der Waals surface area contributed by atoms with E-state index in [1.54, 1.807) is 7.05 Å². The second-order valence-corrected chi connectivity index (χ2v) is 6.38. The highest BCUT2D eigenvalue weighted by molar-refractivity contribution is 14.0. The summed E-state index contributed by atoms with van der Waals surface area (Å²) < 4.78 is 0. The van der Waals surface area contributed by atoms with Crippen molar-refractivity contribution in [3.8, 4) is 0 Å². The molecule has 2 N–H and O–H groups in total. The van der Waals surface area contributed by atoms with Crippen molar-refractivity contribution in [1.82, 2.24) is 10.2 Å². The van der Waals surface area contributed by atoms with Gasteiger partial charge >= 0.3 is 0 Å². The fourth-order valence-corrected chi connectivity index (χ4v) is 2.78. The summed E-state index contributed by atoms with van der Waals surface area (Å²) >= 11 is 0. The summed E-state index contributed by atoms with van der Waals surface area (Å²) in [6.07, 6.45) is 0.886. The molecule has 0 bridgehead atoms. The van der Waals surface area contributed by atoms with Gasteiger partial charge in [-0.25, -0.2) is 0 Å². The molecule has 5 nitrogen and oxygen atoms in total. The van der Waals surface area contributed by atoms with E-state index in [4.69, 9.17) is 0 Å². The summed E-state index contributed by atoms with van der Waals surface area (Å²) in [6, 6.07) is 16.3. The third kappa shape index (κ3) is 7.58. The molecule has 0 fully saturated rings. The summed E-state index contributed by atoms with van der Waals surface area (Å²) in [7, 11) is 3.85. The molecule has 1 amide bonds. The topological polar surface area (TPSA) is 56.7 Å². The Morgan fingerprint density at radius 3 is 2.37 bits per heavy atom. The number of amides is 1. The Balaban J connectivity index is 0.00000364. The van der Waals surface area contributed by atoms with Crippen LogP contribution in [0.3, 0.4) is 0 Å². The molecule has 27 heavy (non-hydrogen) atoms. The molecule has 2 aromatic carbocycles. The third-order valence-corrected chi connectivity index (χ3v) is 4.21. The molecule has 0 heterocycles. The van der Waals surface area contributed by atoms with Crippen molar-refractivity contribution in [2.45, 2.75) is 26.8 Å². The number of guanidine groups is 1. The predicted molar refractivity (Wildman–Crippen MR) is 124 cm³/mol. The highest BCUT2D eigenvalue weighted by Crippen LogP contribution is 2.11. The molecule has 6 heteroatoms. The first-order valence-electron chi connectivity index (χ1n) is 8.82. The van der Waals surface area contributed by atoms with Crippen molar-refractivity contribution in [3.05, 3.63) is 65.2 Å². The molecule has 146 valence electrons. The molecule has 2 aromatic rings. The minimum Gasteiger partial charge on any atom is -0.356 e. The molecule has 0 unspecified atom stereocenters. The number of anilines is 1. The van der Waals surface area contributed by atoms with E-state index < -0.39 is 0 Å². The lowest BCUT2D eigenvalue weighted by molar-refractivity contribution is -0.114. The zero-order valence-corrected chi connectivity index (χ0v) is 18.8.